The predicted molar refractivity (Wildman–Crippen MR) is 118 cm³/mol. The summed E-state index contributed by atoms with van der Waals surface area (Å²) in [5.74, 6) is 0.236. The molecule has 29 heavy (non-hydrogen) atoms. The van der Waals surface area contributed by atoms with Crippen molar-refractivity contribution in [1.29, 1.82) is 0 Å². The first-order chi connectivity index (χ1) is 14.0. The second kappa shape index (κ2) is 8.09. The molecule has 0 aliphatic heterocycles. The molecule has 146 valence electrons. The van der Waals surface area contributed by atoms with E-state index < -0.39 is 0 Å². The first-order valence-corrected chi connectivity index (χ1v) is 10.4. The van der Waals surface area contributed by atoms with Gasteiger partial charge >= 0.3 is 0 Å². The number of fused-ring (bicyclic) bond motifs is 1. The number of hydrogen-bond acceptors (Lipinski definition) is 4. The Kier molecular flexibility index (Phi) is 5.36. The monoisotopic (exact) mass is 402 g/mol. The number of hydrogen-bond donors (Lipinski definition) is 1. The smallest absolute Gasteiger partial charge is 0.234 e. The Morgan fingerprint density at radius 3 is 2.52 bits per heavy atom. The molecule has 6 heteroatoms. The van der Waals surface area contributed by atoms with Gasteiger partial charge in [-0.2, -0.15) is 5.10 Å². The summed E-state index contributed by atoms with van der Waals surface area (Å²) < 4.78 is 1.81. The Morgan fingerprint density at radius 2 is 1.79 bits per heavy atom. The number of aromatic nitrogens is 3. The molecule has 0 saturated heterocycles. The first kappa shape index (κ1) is 19.2. The van der Waals surface area contributed by atoms with Crippen molar-refractivity contribution in [3.05, 3.63) is 77.6 Å². The van der Waals surface area contributed by atoms with Crippen LogP contribution >= 0.6 is 11.8 Å². The summed E-state index contributed by atoms with van der Waals surface area (Å²) in [5.41, 5.74) is 7.06. The predicted octanol–water partition coefficient (Wildman–Crippen LogP) is 5.05. The van der Waals surface area contributed by atoms with Crippen molar-refractivity contribution in [3.8, 4) is 11.3 Å². The number of benzene rings is 2. The standard InChI is InChI=1S/C23H22N4OS/c1-15-7-9-18(10-8-15)19-13-20-23(24-11-12-27(20)26-19)29-14-21(28)25-22-16(2)5-4-6-17(22)3/h4-13H,14H2,1-3H3,(H,25,28). The third kappa shape index (κ3) is 4.17. The maximum absolute atomic E-state index is 12.5. The number of aryl methyl sites for hydroxylation is 3. The Bertz CT molecular complexity index is 1160. The number of rotatable bonds is 5. The molecule has 5 nitrogen and oxygen atoms in total. The fourth-order valence-corrected chi connectivity index (χ4v) is 3.97. The van der Waals surface area contributed by atoms with E-state index in [2.05, 4.69) is 46.6 Å². The molecule has 0 aliphatic rings. The molecule has 4 rings (SSSR count). The maximum atomic E-state index is 12.5. The summed E-state index contributed by atoms with van der Waals surface area (Å²) in [4.78, 5) is 17.0. The van der Waals surface area contributed by atoms with Gasteiger partial charge in [0.25, 0.3) is 0 Å². The summed E-state index contributed by atoms with van der Waals surface area (Å²) in [7, 11) is 0. The maximum Gasteiger partial charge on any atom is 0.234 e. The molecule has 0 aliphatic carbocycles. The second-order valence-electron chi connectivity index (χ2n) is 7.06. The molecule has 0 atom stereocenters. The lowest BCUT2D eigenvalue weighted by molar-refractivity contribution is -0.113. The molecule has 1 amide bonds. The van der Waals surface area contributed by atoms with Crippen LogP contribution < -0.4 is 5.32 Å². The van der Waals surface area contributed by atoms with E-state index in [4.69, 9.17) is 0 Å². The fourth-order valence-electron chi connectivity index (χ4n) is 3.20. The van der Waals surface area contributed by atoms with Gasteiger partial charge in [0.1, 0.15) is 5.03 Å². The zero-order valence-electron chi connectivity index (χ0n) is 16.6. The number of para-hydroxylation sites is 1. The van der Waals surface area contributed by atoms with E-state index in [0.717, 1.165) is 38.6 Å². The Labute approximate surface area is 174 Å². The van der Waals surface area contributed by atoms with Crippen LogP contribution in [0.15, 0.2) is 66.0 Å². The highest BCUT2D eigenvalue weighted by atomic mass is 32.2. The van der Waals surface area contributed by atoms with E-state index in [1.807, 2.05) is 48.8 Å². The van der Waals surface area contributed by atoms with Crippen LogP contribution in [0.4, 0.5) is 5.69 Å². The fraction of sp³-hybridized carbons (Fsp3) is 0.174. The van der Waals surface area contributed by atoms with E-state index in [1.165, 1.54) is 17.3 Å². The van der Waals surface area contributed by atoms with Crippen molar-refractivity contribution in [2.24, 2.45) is 0 Å². The van der Waals surface area contributed by atoms with Crippen LogP contribution in [0.3, 0.4) is 0 Å². The molecule has 2 heterocycles. The SMILES string of the molecule is Cc1ccc(-c2cc3c(SCC(=O)Nc4c(C)cccc4C)nccn3n2)cc1. The molecule has 2 aromatic carbocycles. The van der Waals surface area contributed by atoms with Gasteiger partial charge in [-0.05, 0) is 38.0 Å². The highest BCUT2D eigenvalue weighted by Crippen LogP contribution is 2.27. The average Bonchev–Trinajstić information content (AvgIpc) is 3.14. The number of carbonyl (C=O) groups excluding carboxylic acids is 1. The lowest BCUT2D eigenvalue weighted by Crippen LogP contribution is -2.15. The van der Waals surface area contributed by atoms with Crippen LogP contribution in [-0.4, -0.2) is 26.3 Å². The third-order valence-electron chi connectivity index (χ3n) is 4.79. The van der Waals surface area contributed by atoms with Crippen molar-refractivity contribution in [2.45, 2.75) is 25.8 Å². The molecule has 0 unspecified atom stereocenters. The minimum Gasteiger partial charge on any atom is -0.325 e. The summed E-state index contributed by atoms with van der Waals surface area (Å²) in [5, 5.41) is 8.46. The van der Waals surface area contributed by atoms with Gasteiger partial charge in [-0.3, -0.25) is 4.79 Å². The van der Waals surface area contributed by atoms with Gasteiger partial charge in [0.2, 0.25) is 5.91 Å². The lowest BCUT2D eigenvalue weighted by atomic mass is 10.1. The third-order valence-corrected chi connectivity index (χ3v) is 5.78. The summed E-state index contributed by atoms with van der Waals surface area (Å²) in [6.07, 6.45) is 3.54. The van der Waals surface area contributed by atoms with Crippen molar-refractivity contribution >= 4 is 28.9 Å². The molecule has 0 saturated carbocycles. The van der Waals surface area contributed by atoms with Gasteiger partial charge in [-0.1, -0.05) is 59.8 Å². The zero-order valence-corrected chi connectivity index (χ0v) is 17.5. The average molecular weight is 403 g/mol. The van der Waals surface area contributed by atoms with Crippen LogP contribution in [0, 0.1) is 20.8 Å². The number of anilines is 1. The molecule has 4 aromatic rings. The lowest BCUT2D eigenvalue weighted by Gasteiger charge is -2.11. The summed E-state index contributed by atoms with van der Waals surface area (Å²) in [6, 6.07) is 16.3. The van der Waals surface area contributed by atoms with Gasteiger partial charge in [0.05, 0.1) is 17.0 Å². The molecule has 0 radical (unpaired) electrons. The first-order valence-electron chi connectivity index (χ1n) is 9.41. The van der Waals surface area contributed by atoms with Gasteiger partial charge < -0.3 is 5.32 Å². The van der Waals surface area contributed by atoms with Gasteiger partial charge in [-0.15, -0.1) is 0 Å². The molecule has 0 bridgehead atoms. The number of amides is 1. The van der Waals surface area contributed by atoms with E-state index in [1.54, 1.807) is 6.20 Å². The summed E-state index contributed by atoms with van der Waals surface area (Å²) in [6.45, 7) is 6.06. The van der Waals surface area contributed by atoms with Gasteiger partial charge in [0, 0.05) is 23.6 Å². The zero-order chi connectivity index (χ0) is 20.4. The molecule has 1 N–H and O–H groups in total. The highest BCUT2D eigenvalue weighted by Gasteiger charge is 2.12. The largest absolute Gasteiger partial charge is 0.325 e. The van der Waals surface area contributed by atoms with E-state index in [0.29, 0.717) is 0 Å². The van der Waals surface area contributed by atoms with Crippen molar-refractivity contribution in [3.63, 3.8) is 0 Å². The molecule has 0 spiro atoms. The van der Waals surface area contributed by atoms with Crippen molar-refractivity contribution < 1.29 is 4.79 Å². The second-order valence-corrected chi connectivity index (χ2v) is 8.03. The number of nitrogens with one attached hydrogen (secondary N) is 1. The molecular formula is C23H22N4OS. The van der Waals surface area contributed by atoms with Crippen LogP contribution in [0.1, 0.15) is 16.7 Å². The van der Waals surface area contributed by atoms with Crippen LogP contribution in [0.5, 0.6) is 0 Å². The van der Waals surface area contributed by atoms with Gasteiger partial charge in [-0.25, -0.2) is 9.50 Å². The van der Waals surface area contributed by atoms with Crippen LogP contribution in [0.2, 0.25) is 0 Å². The summed E-state index contributed by atoms with van der Waals surface area (Å²) >= 11 is 1.42. The number of carbonyl (C=O) groups is 1. The molecular weight excluding hydrogens is 380 g/mol. The number of thioether (sulfide) groups is 1. The van der Waals surface area contributed by atoms with Crippen molar-refractivity contribution in [2.75, 3.05) is 11.1 Å². The highest BCUT2D eigenvalue weighted by molar-refractivity contribution is 8.00. The molecule has 0 fully saturated rings. The quantitative estimate of drug-likeness (QED) is 0.475. The van der Waals surface area contributed by atoms with E-state index >= 15 is 0 Å². The minimum atomic E-state index is -0.0468. The van der Waals surface area contributed by atoms with Gasteiger partial charge in [0.15, 0.2) is 0 Å². The van der Waals surface area contributed by atoms with Crippen molar-refractivity contribution in [1.82, 2.24) is 14.6 Å². The number of nitrogens with zero attached hydrogens (tertiary/aromatic N) is 3. The van der Waals surface area contributed by atoms with Crippen LogP contribution in [-0.2, 0) is 4.79 Å². The Morgan fingerprint density at radius 1 is 1.07 bits per heavy atom. The van der Waals surface area contributed by atoms with E-state index in [-0.39, 0.29) is 11.7 Å². The Balaban J connectivity index is 1.52. The topological polar surface area (TPSA) is 59.3 Å². The normalized spacial score (nSPS) is 11.0. The van der Waals surface area contributed by atoms with E-state index in [9.17, 15) is 4.79 Å². The minimum absolute atomic E-state index is 0.0468. The Hall–Kier alpha value is -3.12. The molecule has 2 aromatic heterocycles. The van der Waals surface area contributed by atoms with Crippen LogP contribution in [0.25, 0.3) is 16.8 Å².